The molecule has 0 heterocycles. The highest BCUT2D eigenvalue weighted by Gasteiger charge is 2.14. The van der Waals surface area contributed by atoms with Crippen LogP contribution in [0.3, 0.4) is 0 Å². The molecule has 7 heteroatoms. The van der Waals surface area contributed by atoms with Crippen molar-refractivity contribution >= 4 is 29.1 Å². The van der Waals surface area contributed by atoms with E-state index in [0.29, 0.717) is 23.1 Å². The lowest BCUT2D eigenvalue weighted by molar-refractivity contribution is -0.135. The summed E-state index contributed by atoms with van der Waals surface area (Å²) in [4.78, 5) is 25.4. The van der Waals surface area contributed by atoms with Gasteiger partial charge in [0.25, 0.3) is 5.91 Å². The molecule has 0 spiro atoms. The number of benzene rings is 2. The number of hydrogen-bond donors (Lipinski definition) is 1. The topological polar surface area (TPSA) is 67.9 Å². The fourth-order valence-electron chi connectivity index (χ4n) is 2.11. The maximum atomic E-state index is 12.1. The van der Waals surface area contributed by atoms with Crippen LogP contribution in [0, 0.1) is 0 Å². The maximum Gasteiger partial charge on any atom is 0.260 e. The van der Waals surface area contributed by atoms with E-state index in [4.69, 9.17) is 21.1 Å². The Morgan fingerprint density at radius 2 is 1.65 bits per heavy atom. The molecule has 26 heavy (non-hydrogen) atoms. The number of nitrogens with one attached hydrogen (secondary N) is 1. The van der Waals surface area contributed by atoms with E-state index in [9.17, 15) is 9.59 Å². The van der Waals surface area contributed by atoms with Crippen LogP contribution in [-0.4, -0.2) is 43.5 Å². The van der Waals surface area contributed by atoms with E-state index in [1.165, 1.54) is 11.9 Å². The lowest BCUT2D eigenvalue weighted by Gasteiger charge is -2.17. The summed E-state index contributed by atoms with van der Waals surface area (Å²) in [5.41, 5.74) is 0.505. The molecular formula is C19H21ClN2O4. The minimum Gasteiger partial charge on any atom is -0.494 e. The van der Waals surface area contributed by atoms with Crippen molar-refractivity contribution in [2.75, 3.05) is 32.1 Å². The zero-order valence-corrected chi connectivity index (χ0v) is 15.5. The normalized spacial score (nSPS) is 10.1. The number of hydrogen-bond acceptors (Lipinski definition) is 4. The van der Waals surface area contributed by atoms with Gasteiger partial charge >= 0.3 is 0 Å². The molecule has 2 aromatic carbocycles. The van der Waals surface area contributed by atoms with Gasteiger partial charge in [0, 0.05) is 7.05 Å². The first-order valence-electron chi connectivity index (χ1n) is 8.13. The second kappa shape index (κ2) is 9.68. The monoisotopic (exact) mass is 376 g/mol. The summed E-state index contributed by atoms with van der Waals surface area (Å²) in [5.74, 6) is 0.637. The number of likely N-dealkylation sites (N-methyl/N-ethyl adjacent to an activating group) is 1. The zero-order chi connectivity index (χ0) is 18.9. The molecule has 0 saturated carbocycles. The maximum absolute atomic E-state index is 12.1. The number of anilines is 1. The largest absolute Gasteiger partial charge is 0.494 e. The van der Waals surface area contributed by atoms with Crippen molar-refractivity contribution in [3.8, 4) is 11.5 Å². The molecule has 1 N–H and O–H groups in total. The number of para-hydroxylation sites is 1. The third-order valence-corrected chi connectivity index (χ3v) is 3.78. The number of carbonyl (C=O) groups excluding carboxylic acids is 2. The first kappa shape index (κ1) is 19.6. The molecule has 2 amide bonds. The van der Waals surface area contributed by atoms with Crippen LogP contribution in [-0.2, 0) is 9.59 Å². The zero-order valence-electron chi connectivity index (χ0n) is 14.7. The van der Waals surface area contributed by atoms with Crippen molar-refractivity contribution in [2.45, 2.75) is 6.92 Å². The SMILES string of the molecule is CCOc1ccc(OCC(=O)N(C)CC(=O)Nc2ccccc2Cl)cc1. The second-order valence-corrected chi connectivity index (χ2v) is 5.88. The van der Waals surface area contributed by atoms with Gasteiger partial charge in [0.2, 0.25) is 5.91 Å². The van der Waals surface area contributed by atoms with Crippen LogP contribution in [0.15, 0.2) is 48.5 Å². The minimum atomic E-state index is -0.338. The Morgan fingerprint density at radius 3 is 2.27 bits per heavy atom. The number of amides is 2. The Bertz CT molecular complexity index is 749. The van der Waals surface area contributed by atoms with Gasteiger partial charge < -0.3 is 19.7 Å². The molecule has 6 nitrogen and oxygen atoms in total. The van der Waals surface area contributed by atoms with Gasteiger partial charge in [-0.3, -0.25) is 9.59 Å². The summed E-state index contributed by atoms with van der Waals surface area (Å²) < 4.78 is 10.8. The number of rotatable bonds is 8. The van der Waals surface area contributed by atoms with Gasteiger partial charge in [-0.25, -0.2) is 0 Å². The Labute approximate surface area is 157 Å². The Morgan fingerprint density at radius 1 is 1.04 bits per heavy atom. The predicted octanol–water partition coefficient (Wildman–Crippen LogP) is 3.21. The minimum absolute atomic E-state index is 0.101. The molecule has 0 aromatic heterocycles. The fourth-order valence-corrected chi connectivity index (χ4v) is 2.29. The summed E-state index contributed by atoms with van der Waals surface area (Å²) in [6.07, 6.45) is 0. The first-order valence-corrected chi connectivity index (χ1v) is 8.51. The third-order valence-electron chi connectivity index (χ3n) is 3.45. The van der Waals surface area contributed by atoms with Crippen LogP contribution in [0.2, 0.25) is 5.02 Å². The molecule has 2 aromatic rings. The number of ether oxygens (including phenoxy) is 2. The highest BCUT2D eigenvalue weighted by molar-refractivity contribution is 6.33. The molecule has 0 radical (unpaired) electrons. The third kappa shape index (κ3) is 5.97. The standard InChI is InChI=1S/C19H21ClN2O4/c1-3-25-14-8-10-15(11-9-14)26-13-19(24)22(2)12-18(23)21-17-7-5-4-6-16(17)20/h4-11H,3,12-13H2,1-2H3,(H,21,23). The van der Waals surface area contributed by atoms with Crippen LogP contribution in [0.1, 0.15) is 6.92 Å². The van der Waals surface area contributed by atoms with E-state index in [1.54, 1.807) is 48.5 Å². The lowest BCUT2D eigenvalue weighted by Crippen LogP contribution is -2.37. The molecule has 138 valence electrons. The molecule has 0 unspecified atom stereocenters. The van der Waals surface area contributed by atoms with Gasteiger partial charge in [0.15, 0.2) is 6.61 Å². The van der Waals surface area contributed by atoms with E-state index in [0.717, 1.165) is 5.75 Å². The van der Waals surface area contributed by atoms with Gasteiger partial charge in [0.1, 0.15) is 11.5 Å². The summed E-state index contributed by atoms with van der Waals surface area (Å²) in [6.45, 7) is 2.22. The van der Waals surface area contributed by atoms with Gasteiger partial charge in [0.05, 0.1) is 23.9 Å². The van der Waals surface area contributed by atoms with Crippen molar-refractivity contribution in [2.24, 2.45) is 0 Å². The molecule has 0 atom stereocenters. The van der Waals surface area contributed by atoms with Gasteiger partial charge in [-0.1, -0.05) is 23.7 Å². The van der Waals surface area contributed by atoms with Gasteiger partial charge in [-0.15, -0.1) is 0 Å². The van der Waals surface area contributed by atoms with Crippen molar-refractivity contribution in [3.63, 3.8) is 0 Å². The predicted molar refractivity (Wildman–Crippen MR) is 101 cm³/mol. The van der Waals surface area contributed by atoms with E-state index in [-0.39, 0.29) is 25.0 Å². The Balaban J connectivity index is 1.79. The first-order chi connectivity index (χ1) is 12.5. The van der Waals surface area contributed by atoms with Crippen LogP contribution >= 0.6 is 11.6 Å². The van der Waals surface area contributed by atoms with E-state index >= 15 is 0 Å². The fraction of sp³-hybridized carbons (Fsp3) is 0.263. The molecule has 0 aliphatic rings. The van der Waals surface area contributed by atoms with Crippen LogP contribution in [0.4, 0.5) is 5.69 Å². The molecule has 2 rings (SSSR count). The average molecular weight is 377 g/mol. The second-order valence-electron chi connectivity index (χ2n) is 5.47. The number of carbonyl (C=O) groups is 2. The molecule has 0 saturated heterocycles. The summed E-state index contributed by atoms with van der Waals surface area (Å²) in [7, 11) is 1.54. The van der Waals surface area contributed by atoms with Crippen LogP contribution < -0.4 is 14.8 Å². The number of halogens is 1. The van der Waals surface area contributed by atoms with Crippen molar-refractivity contribution in [3.05, 3.63) is 53.6 Å². The smallest absolute Gasteiger partial charge is 0.260 e. The van der Waals surface area contributed by atoms with Crippen LogP contribution in [0.5, 0.6) is 11.5 Å². The molecule has 0 fully saturated rings. The van der Waals surface area contributed by atoms with Gasteiger partial charge in [-0.05, 0) is 43.3 Å². The summed E-state index contributed by atoms with van der Waals surface area (Å²) in [6, 6.07) is 13.9. The van der Waals surface area contributed by atoms with Crippen LogP contribution in [0.25, 0.3) is 0 Å². The van der Waals surface area contributed by atoms with E-state index in [2.05, 4.69) is 5.32 Å². The van der Waals surface area contributed by atoms with E-state index in [1.807, 2.05) is 6.92 Å². The summed E-state index contributed by atoms with van der Waals surface area (Å²) in [5, 5.41) is 3.11. The van der Waals surface area contributed by atoms with Crippen molar-refractivity contribution in [1.82, 2.24) is 4.90 Å². The Hall–Kier alpha value is -2.73. The summed E-state index contributed by atoms with van der Waals surface area (Å²) >= 11 is 5.99. The van der Waals surface area contributed by atoms with Crippen molar-refractivity contribution in [1.29, 1.82) is 0 Å². The number of nitrogens with zero attached hydrogens (tertiary/aromatic N) is 1. The van der Waals surface area contributed by atoms with Gasteiger partial charge in [-0.2, -0.15) is 0 Å². The Kier molecular flexibility index (Phi) is 7.29. The lowest BCUT2D eigenvalue weighted by atomic mass is 10.3. The average Bonchev–Trinajstić information content (AvgIpc) is 2.63. The molecule has 0 aliphatic carbocycles. The highest BCUT2D eigenvalue weighted by atomic mass is 35.5. The quantitative estimate of drug-likeness (QED) is 0.768. The van der Waals surface area contributed by atoms with Crippen molar-refractivity contribution < 1.29 is 19.1 Å². The molecule has 0 bridgehead atoms. The van der Waals surface area contributed by atoms with E-state index < -0.39 is 0 Å². The molecule has 0 aliphatic heterocycles. The molecular weight excluding hydrogens is 356 g/mol. The highest BCUT2D eigenvalue weighted by Crippen LogP contribution is 2.20.